The van der Waals surface area contributed by atoms with Crippen LogP contribution in [0, 0.1) is 17.8 Å². The van der Waals surface area contributed by atoms with E-state index < -0.39 is 0 Å². The van der Waals surface area contributed by atoms with Gasteiger partial charge in [-0.1, -0.05) is 12.2 Å². The molecule has 2 aliphatic carbocycles. The largest absolute Gasteiger partial charge is 0.312 e. The molecule has 0 heterocycles. The molecule has 0 amide bonds. The van der Waals surface area contributed by atoms with Crippen molar-refractivity contribution in [1.82, 2.24) is 10.2 Å². The first kappa shape index (κ1) is 12.1. The Hall–Kier alpha value is -0.340. The Morgan fingerprint density at radius 1 is 1.25 bits per heavy atom. The summed E-state index contributed by atoms with van der Waals surface area (Å²) >= 11 is 0. The molecule has 1 saturated carbocycles. The molecule has 2 aliphatic rings. The summed E-state index contributed by atoms with van der Waals surface area (Å²) in [5, 5.41) is 3.71. The zero-order valence-corrected chi connectivity index (χ0v) is 11.1. The Kier molecular flexibility index (Phi) is 3.70. The number of fused-ring (bicyclic) bond motifs is 2. The number of hydrogen-bond acceptors (Lipinski definition) is 2. The minimum Gasteiger partial charge on any atom is -0.312 e. The summed E-state index contributed by atoms with van der Waals surface area (Å²) in [6.45, 7) is 5.74. The van der Waals surface area contributed by atoms with Gasteiger partial charge in [-0.25, -0.2) is 0 Å². The summed E-state index contributed by atoms with van der Waals surface area (Å²) in [5.74, 6) is 2.64. The minimum atomic E-state index is 0.622. The van der Waals surface area contributed by atoms with Crippen molar-refractivity contribution in [2.24, 2.45) is 17.8 Å². The summed E-state index contributed by atoms with van der Waals surface area (Å²) in [4.78, 5) is 2.28. The van der Waals surface area contributed by atoms with Crippen LogP contribution in [0.4, 0.5) is 0 Å². The predicted octanol–water partition coefficient (Wildman–Crippen LogP) is 2.13. The lowest BCUT2D eigenvalue weighted by Crippen LogP contribution is -2.43. The third-order valence-corrected chi connectivity index (χ3v) is 4.59. The fourth-order valence-electron chi connectivity index (χ4n) is 3.09. The summed E-state index contributed by atoms with van der Waals surface area (Å²) in [5.41, 5.74) is 0. The highest BCUT2D eigenvalue weighted by molar-refractivity contribution is 5.11. The Balaban J connectivity index is 1.76. The van der Waals surface area contributed by atoms with Gasteiger partial charge in [0.1, 0.15) is 0 Å². The first-order valence-corrected chi connectivity index (χ1v) is 6.66. The van der Waals surface area contributed by atoms with Gasteiger partial charge in [-0.2, -0.15) is 0 Å². The van der Waals surface area contributed by atoms with E-state index in [0.717, 1.165) is 24.3 Å². The second-order valence-corrected chi connectivity index (χ2v) is 5.95. The van der Waals surface area contributed by atoms with Crippen molar-refractivity contribution in [3.05, 3.63) is 12.2 Å². The van der Waals surface area contributed by atoms with Crippen molar-refractivity contribution < 1.29 is 0 Å². The average molecular weight is 222 g/mol. The Morgan fingerprint density at radius 3 is 2.50 bits per heavy atom. The molecule has 2 nitrogen and oxygen atoms in total. The van der Waals surface area contributed by atoms with Gasteiger partial charge in [0.2, 0.25) is 0 Å². The van der Waals surface area contributed by atoms with Crippen LogP contribution < -0.4 is 5.32 Å². The Bertz CT molecular complexity index is 259. The number of nitrogens with zero attached hydrogens (tertiary/aromatic N) is 1. The van der Waals surface area contributed by atoms with Crippen LogP contribution >= 0.6 is 0 Å². The van der Waals surface area contributed by atoms with Crippen LogP contribution in [0.2, 0.25) is 0 Å². The van der Waals surface area contributed by atoms with Crippen molar-refractivity contribution >= 4 is 0 Å². The zero-order valence-electron chi connectivity index (χ0n) is 11.1. The van der Waals surface area contributed by atoms with Gasteiger partial charge in [0.15, 0.2) is 0 Å². The van der Waals surface area contributed by atoms with Crippen molar-refractivity contribution in [3.8, 4) is 0 Å². The zero-order chi connectivity index (χ0) is 11.7. The van der Waals surface area contributed by atoms with Gasteiger partial charge in [-0.3, -0.25) is 0 Å². The van der Waals surface area contributed by atoms with E-state index in [0.29, 0.717) is 12.1 Å². The summed E-state index contributed by atoms with van der Waals surface area (Å²) < 4.78 is 0. The van der Waals surface area contributed by atoms with Gasteiger partial charge in [0, 0.05) is 18.6 Å². The van der Waals surface area contributed by atoms with Crippen LogP contribution in [-0.4, -0.2) is 37.6 Å². The fraction of sp³-hybridized carbons (Fsp3) is 0.857. The van der Waals surface area contributed by atoms with Crippen molar-refractivity contribution in [3.63, 3.8) is 0 Å². The number of rotatable bonds is 5. The number of hydrogen-bond donors (Lipinski definition) is 1. The standard InChI is InChI=1S/C14H26N2/c1-10(16(3)4)9-15-11(2)14-8-12-5-6-13(14)7-12/h5-6,10-15H,7-9H2,1-4H3. The first-order chi connectivity index (χ1) is 7.58. The lowest BCUT2D eigenvalue weighted by Gasteiger charge is -2.29. The van der Waals surface area contributed by atoms with Gasteiger partial charge in [-0.15, -0.1) is 0 Å². The van der Waals surface area contributed by atoms with Crippen LogP contribution in [-0.2, 0) is 0 Å². The molecule has 0 spiro atoms. The van der Waals surface area contributed by atoms with E-state index in [1.165, 1.54) is 12.8 Å². The van der Waals surface area contributed by atoms with E-state index in [2.05, 4.69) is 50.3 Å². The Morgan fingerprint density at radius 2 is 2.00 bits per heavy atom. The van der Waals surface area contributed by atoms with Gasteiger partial charge in [0.25, 0.3) is 0 Å². The maximum atomic E-state index is 3.71. The van der Waals surface area contributed by atoms with E-state index in [-0.39, 0.29) is 0 Å². The van der Waals surface area contributed by atoms with Crippen LogP contribution in [0.3, 0.4) is 0 Å². The summed E-state index contributed by atoms with van der Waals surface area (Å²) in [7, 11) is 4.30. The van der Waals surface area contributed by atoms with E-state index in [1.807, 2.05) is 0 Å². The lowest BCUT2D eigenvalue weighted by molar-refractivity contribution is 0.265. The summed E-state index contributed by atoms with van der Waals surface area (Å²) in [6.07, 6.45) is 7.70. The highest BCUT2D eigenvalue weighted by Crippen LogP contribution is 2.44. The normalized spacial score (nSPS) is 35.9. The molecule has 1 fully saturated rings. The molecule has 16 heavy (non-hydrogen) atoms. The fourth-order valence-corrected chi connectivity index (χ4v) is 3.09. The molecule has 2 heteroatoms. The molecule has 0 aromatic carbocycles. The highest BCUT2D eigenvalue weighted by Gasteiger charge is 2.38. The molecule has 1 N–H and O–H groups in total. The topological polar surface area (TPSA) is 15.3 Å². The summed E-state index contributed by atoms with van der Waals surface area (Å²) in [6, 6.07) is 1.29. The molecule has 0 aromatic rings. The van der Waals surface area contributed by atoms with Crippen molar-refractivity contribution in [2.45, 2.75) is 38.8 Å². The molecule has 0 aromatic heterocycles. The molecule has 2 rings (SSSR count). The van der Waals surface area contributed by atoms with Crippen LogP contribution in [0.5, 0.6) is 0 Å². The van der Waals surface area contributed by atoms with E-state index in [4.69, 9.17) is 0 Å². The van der Waals surface area contributed by atoms with Gasteiger partial charge in [-0.05, 0) is 58.5 Å². The minimum absolute atomic E-state index is 0.622. The smallest absolute Gasteiger partial charge is 0.0186 e. The van der Waals surface area contributed by atoms with E-state index in [1.54, 1.807) is 0 Å². The van der Waals surface area contributed by atoms with Gasteiger partial charge >= 0.3 is 0 Å². The third kappa shape index (κ3) is 2.49. The second-order valence-electron chi connectivity index (χ2n) is 5.95. The molecule has 5 unspecified atom stereocenters. The lowest BCUT2D eigenvalue weighted by atomic mass is 9.87. The number of likely N-dealkylation sites (N-methyl/N-ethyl adjacent to an activating group) is 1. The third-order valence-electron chi connectivity index (χ3n) is 4.59. The monoisotopic (exact) mass is 222 g/mol. The predicted molar refractivity (Wildman–Crippen MR) is 69.5 cm³/mol. The maximum Gasteiger partial charge on any atom is 0.0186 e. The average Bonchev–Trinajstić information content (AvgIpc) is 2.86. The number of nitrogens with one attached hydrogen (secondary N) is 1. The first-order valence-electron chi connectivity index (χ1n) is 6.66. The Labute approximate surface area is 100 Å². The SMILES string of the molecule is CC(NCC(C)N(C)C)C1CC2C=CC1C2. The molecule has 0 aliphatic heterocycles. The van der Waals surface area contributed by atoms with Gasteiger partial charge < -0.3 is 10.2 Å². The molecule has 0 radical (unpaired) electrons. The highest BCUT2D eigenvalue weighted by atomic mass is 15.1. The van der Waals surface area contributed by atoms with Crippen LogP contribution in [0.1, 0.15) is 26.7 Å². The second kappa shape index (κ2) is 4.89. The van der Waals surface area contributed by atoms with Gasteiger partial charge in [0.05, 0.1) is 0 Å². The molecule has 5 atom stereocenters. The quantitative estimate of drug-likeness (QED) is 0.717. The van der Waals surface area contributed by atoms with Crippen molar-refractivity contribution in [2.75, 3.05) is 20.6 Å². The maximum absolute atomic E-state index is 3.71. The van der Waals surface area contributed by atoms with Crippen LogP contribution in [0.15, 0.2) is 12.2 Å². The molecule has 0 saturated heterocycles. The van der Waals surface area contributed by atoms with E-state index in [9.17, 15) is 0 Å². The molecular formula is C14H26N2. The molecule has 92 valence electrons. The molecule has 2 bridgehead atoms. The van der Waals surface area contributed by atoms with Crippen LogP contribution in [0.25, 0.3) is 0 Å². The molecular weight excluding hydrogens is 196 g/mol. The van der Waals surface area contributed by atoms with E-state index >= 15 is 0 Å². The number of allylic oxidation sites excluding steroid dienone is 2. The van der Waals surface area contributed by atoms with Crippen molar-refractivity contribution in [1.29, 1.82) is 0 Å².